The van der Waals surface area contributed by atoms with Gasteiger partial charge < -0.3 is 19.8 Å². The first-order valence-electron chi connectivity index (χ1n) is 14.2. The number of rotatable bonds is 6. The standard InChI is InChI=1S/C31H41N3O4S/c1-7-15-32-16-9-13-30(6)23(27(32)36)24-28(37)34(22(18-35)19(2)3)26-29(38)33(17-10-14-31(24,26)39-30)25-20(4)11-8-12-21(25)5/h8-14,19,22-24,26,35H,7,15-18H2,1-6H3/t22-,23-,24-,26?,30+,31-/m0/s1. The van der Waals surface area contributed by atoms with Crippen LogP contribution in [0.15, 0.2) is 42.5 Å². The van der Waals surface area contributed by atoms with Crippen molar-refractivity contribution in [2.45, 2.75) is 69.5 Å². The van der Waals surface area contributed by atoms with Crippen LogP contribution in [0.25, 0.3) is 0 Å². The SMILES string of the molecule is CCCN1CC=C[C@@]2(C)S[C@]34C=CCN(c5c(C)cccc5C)C(=O)C3N([C@@H](CO)C(C)C)C(=O)[C@@H]4[C@H]2C1=O. The van der Waals surface area contributed by atoms with Crippen molar-refractivity contribution in [2.75, 3.05) is 31.1 Å². The number of hydrogen-bond donors (Lipinski definition) is 1. The zero-order valence-electron chi connectivity index (χ0n) is 23.9. The van der Waals surface area contributed by atoms with Gasteiger partial charge in [0.2, 0.25) is 11.8 Å². The Kier molecular flexibility index (Phi) is 7.25. The molecule has 1 aromatic rings. The van der Waals surface area contributed by atoms with Crippen LogP contribution < -0.4 is 4.90 Å². The van der Waals surface area contributed by atoms with Crippen molar-refractivity contribution in [1.82, 2.24) is 9.80 Å². The number of para-hydroxylation sites is 1. The van der Waals surface area contributed by atoms with Crippen molar-refractivity contribution in [3.05, 3.63) is 53.6 Å². The highest BCUT2D eigenvalue weighted by Crippen LogP contribution is 2.66. The Morgan fingerprint density at radius 1 is 1.00 bits per heavy atom. The molecule has 4 heterocycles. The van der Waals surface area contributed by atoms with E-state index in [1.807, 2.05) is 76.8 Å². The van der Waals surface area contributed by atoms with Gasteiger partial charge in [0.1, 0.15) is 6.04 Å². The highest BCUT2D eigenvalue weighted by molar-refractivity contribution is 8.02. The van der Waals surface area contributed by atoms with Crippen LogP contribution in [0.5, 0.6) is 0 Å². The van der Waals surface area contributed by atoms with Gasteiger partial charge in [-0.25, -0.2) is 0 Å². The third-order valence-electron chi connectivity index (χ3n) is 9.10. The molecule has 0 bridgehead atoms. The molecule has 3 amide bonds. The zero-order chi connectivity index (χ0) is 28.3. The summed E-state index contributed by atoms with van der Waals surface area (Å²) in [5, 5.41) is 10.5. The van der Waals surface area contributed by atoms with Crippen molar-refractivity contribution in [3.63, 3.8) is 0 Å². The number of thioether (sulfide) groups is 1. The average molecular weight is 552 g/mol. The fourth-order valence-electron chi connectivity index (χ4n) is 7.39. The first kappa shape index (κ1) is 28.0. The van der Waals surface area contributed by atoms with Gasteiger partial charge >= 0.3 is 0 Å². The lowest BCUT2D eigenvalue weighted by Crippen LogP contribution is -2.58. The number of fused-ring (bicyclic) bond motifs is 2. The molecule has 2 saturated heterocycles. The summed E-state index contributed by atoms with van der Waals surface area (Å²) in [5.41, 5.74) is 2.85. The van der Waals surface area contributed by atoms with E-state index < -0.39 is 33.4 Å². The summed E-state index contributed by atoms with van der Waals surface area (Å²) in [6.07, 6.45) is 9.03. The lowest BCUT2D eigenvalue weighted by atomic mass is 9.74. The second-order valence-corrected chi connectivity index (χ2v) is 13.8. The van der Waals surface area contributed by atoms with Gasteiger partial charge in [-0.3, -0.25) is 14.4 Å². The van der Waals surface area contributed by atoms with Crippen molar-refractivity contribution < 1.29 is 19.5 Å². The number of anilines is 1. The van der Waals surface area contributed by atoms with E-state index in [9.17, 15) is 19.5 Å². The molecular weight excluding hydrogens is 510 g/mol. The number of aliphatic hydroxyl groups is 1. The predicted molar refractivity (Wildman–Crippen MR) is 155 cm³/mol. The minimum Gasteiger partial charge on any atom is -0.394 e. The van der Waals surface area contributed by atoms with Crippen LogP contribution in [0.4, 0.5) is 5.69 Å². The highest BCUT2D eigenvalue weighted by atomic mass is 32.2. The highest BCUT2D eigenvalue weighted by Gasteiger charge is 2.74. The zero-order valence-corrected chi connectivity index (χ0v) is 24.7. The maximum Gasteiger partial charge on any atom is 0.251 e. The molecule has 4 aliphatic heterocycles. The van der Waals surface area contributed by atoms with Crippen LogP contribution in [-0.2, 0) is 14.4 Å². The minimum atomic E-state index is -0.920. The molecular formula is C31H41N3O4S. The normalized spacial score (nSPS) is 32.9. The summed E-state index contributed by atoms with van der Waals surface area (Å²) in [6, 6.07) is 4.62. The van der Waals surface area contributed by atoms with Crippen molar-refractivity contribution >= 4 is 35.2 Å². The summed E-state index contributed by atoms with van der Waals surface area (Å²) in [6.45, 7) is 13.3. The summed E-state index contributed by atoms with van der Waals surface area (Å²) in [4.78, 5) is 48.8. The Bertz CT molecular complexity index is 1220. The minimum absolute atomic E-state index is 0.0190. The quantitative estimate of drug-likeness (QED) is 0.545. The van der Waals surface area contributed by atoms with E-state index in [1.165, 1.54) is 0 Å². The Labute approximate surface area is 236 Å². The molecule has 8 heteroatoms. The van der Waals surface area contributed by atoms with Gasteiger partial charge in [0, 0.05) is 30.1 Å². The summed E-state index contributed by atoms with van der Waals surface area (Å²) in [5.74, 6) is -1.73. The summed E-state index contributed by atoms with van der Waals surface area (Å²) < 4.78 is -1.55. The van der Waals surface area contributed by atoms with Crippen LogP contribution in [0.2, 0.25) is 0 Å². The molecule has 1 spiro atoms. The van der Waals surface area contributed by atoms with Gasteiger partial charge in [0.15, 0.2) is 0 Å². The molecule has 2 fully saturated rings. The Morgan fingerprint density at radius 3 is 2.28 bits per heavy atom. The molecule has 1 unspecified atom stereocenters. The summed E-state index contributed by atoms with van der Waals surface area (Å²) >= 11 is 1.59. The van der Waals surface area contributed by atoms with E-state index in [4.69, 9.17) is 0 Å². The van der Waals surface area contributed by atoms with Gasteiger partial charge in [-0.15, -0.1) is 11.8 Å². The Balaban J connectivity index is 1.70. The molecule has 1 N–H and O–H groups in total. The fourth-order valence-corrected chi connectivity index (χ4v) is 9.54. The third-order valence-corrected chi connectivity index (χ3v) is 10.9. The molecule has 1 aromatic carbocycles. The number of nitrogens with zero attached hydrogens (tertiary/aromatic N) is 3. The van der Waals surface area contributed by atoms with Crippen molar-refractivity contribution in [3.8, 4) is 0 Å². The van der Waals surface area contributed by atoms with Crippen LogP contribution >= 0.6 is 11.8 Å². The lowest BCUT2D eigenvalue weighted by Gasteiger charge is -2.41. The van der Waals surface area contributed by atoms with Gasteiger partial charge in [0.05, 0.1) is 29.2 Å². The van der Waals surface area contributed by atoms with E-state index in [2.05, 4.69) is 12.2 Å². The van der Waals surface area contributed by atoms with E-state index in [-0.39, 0.29) is 30.2 Å². The van der Waals surface area contributed by atoms with Crippen LogP contribution in [-0.4, -0.2) is 80.4 Å². The molecule has 6 atom stereocenters. The smallest absolute Gasteiger partial charge is 0.251 e. The molecule has 4 aliphatic rings. The van der Waals surface area contributed by atoms with Crippen LogP contribution in [0.1, 0.15) is 45.2 Å². The molecule has 210 valence electrons. The van der Waals surface area contributed by atoms with E-state index in [0.717, 1.165) is 23.2 Å². The predicted octanol–water partition coefficient (Wildman–Crippen LogP) is 3.72. The first-order valence-corrected chi connectivity index (χ1v) is 15.0. The molecule has 0 aliphatic carbocycles. The number of aliphatic hydroxyl groups excluding tert-OH is 1. The van der Waals surface area contributed by atoms with E-state index in [0.29, 0.717) is 19.6 Å². The van der Waals surface area contributed by atoms with Gasteiger partial charge in [-0.2, -0.15) is 0 Å². The molecule has 0 radical (unpaired) electrons. The van der Waals surface area contributed by atoms with Gasteiger partial charge in [-0.05, 0) is 44.2 Å². The molecule has 5 rings (SSSR count). The maximum atomic E-state index is 14.8. The Morgan fingerprint density at radius 2 is 1.67 bits per heavy atom. The number of carbonyl (C=O) groups is 3. The topological polar surface area (TPSA) is 81.2 Å². The number of hydrogen-bond acceptors (Lipinski definition) is 5. The van der Waals surface area contributed by atoms with Crippen LogP contribution in [0, 0.1) is 31.6 Å². The van der Waals surface area contributed by atoms with Crippen molar-refractivity contribution in [1.29, 1.82) is 0 Å². The first-order chi connectivity index (χ1) is 18.5. The molecule has 0 saturated carbocycles. The second-order valence-electron chi connectivity index (χ2n) is 12.0. The average Bonchev–Trinajstić information content (AvgIpc) is 3.14. The van der Waals surface area contributed by atoms with E-state index in [1.54, 1.807) is 21.6 Å². The number of likely N-dealkylation sites (tertiary alicyclic amines) is 1. The largest absolute Gasteiger partial charge is 0.394 e. The fraction of sp³-hybridized carbons (Fsp3) is 0.581. The monoisotopic (exact) mass is 551 g/mol. The van der Waals surface area contributed by atoms with Gasteiger partial charge in [-0.1, -0.05) is 63.3 Å². The van der Waals surface area contributed by atoms with E-state index >= 15 is 0 Å². The second kappa shape index (κ2) is 10.1. The third kappa shape index (κ3) is 4.08. The van der Waals surface area contributed by atoms with Crippen molar-refractivity contribution in [2.24, 2.45) is 17.8 Å². The Hall–Kier alpha value is -2.58. The molecule has 39 heavy (non-hydrogen) atoms. The maximum absolute atomic E-state index is 14.8. The number of benzene rings is 1. The lowest BCUT2D eigenvalue weighted by molar-refractivity contribution is -0.146. The van der Waals surface area contributed by atoms with Gasteiger partial charge in [0.25, 0.3) is 5.91 Å². The number of aryl methyl sites for hydroxylation is 2. The molecule has 0 aromatic heterocycles. The van der Waals surface area contributed by atoms with Crippen LogP contribution in [0.3, 0.4) is 0 Å². The molecule has 7 nitrogen and oxygen atoms in total. The summed E-state index contributed by atoms with van der Waals surface area (Å²) in [7, 11) is 0. The number of carbonyl (C=O) groups excluding carboxylic acids is 3. The number of amides is 3.